The molecule has 0 aromatic heterocycles. The van der Waals surface area contributed by atoms with Crippen LogP contribution in [0.5, 0.6) is 11.5 Å². The van der Waals surface area contributed by atoms with Crippen molar-refractivity contribution in [2.24, 2.45) is 0 Å². The number of benzene rings is 2. The van der Waals surface area contributed by atoms with Crippen molar-refractivity contribution < 1.29 is 22.7 Å². The minimum Gasteiger partial charge on any atom is -0.490 e. The molecule has 0 unspecified atom stereocenters. The third kappa shape index (κ3) is 6.62. The van der Waals surface area contributed by atoms with Gasteiger partial charge in [0.2, 0.25) is 15.9 Å². The fraction of sp³-hybridized carbons (Fsp3) is 0.458. The van der Waals surface area contributed by atoms with Crippen LogP contribution in [0, 0.1) is 0 Å². The number of amides is 1. The fourth-order valence-electron chi connectivity index (χ4n) is 4.00. The molecule has 0 saturated carbocycles. The molecular formula is C24H32N4O5S. The molecule has 0 bridgehead atoms. The first-order valence-electron chi connectivity index (χ1n) is 11.7. The summed E-state index contributed by atoms with van der Waals surface area (Å²) in [4.78, 5) is 16.9. The van der Waals surface area contributed by atoms with Crippen LogP contribution in [0.4, 0.5) is 5.69 Å². The quantitative estimate of drug-likeness (QED) is 0.551. The number of hydrogen-bond donors (Lipinski definition) is 2. The van der Waals surface area contributed by atoms with E-state index in [2.05, 4.69) is 44.1 Å². The number of sulfonamides is 1. The molecule has 0 atom stereocenters. The van der Waals surface area contributed by atoms with Crippen molar-refractivity contribution in [3.63, 3.8) is 0 Å². The molecule has 1 fully saturated rings. The number of nitrogens with one attached hydrogen (secondary N) is 2. The normalized spacial score (nSPS) is 16.6. The van der Waals surface area contributed by atoms with Gasteiger partial charge in [-0.2, -0.15) is 0 Å². The number of nitrogens with zero attached hydrogens (tertiary/aromatic N) is 2. The van der Waals surface area contributed by atoms with Crippen molar-refractivity contribution in [1.29, 1.82) is 0 Å². The Balaban J connectivity index is 1.14. The number of fused-ring (bicyclic) bond motifs is 1. The van der Waals surface area contributed by atoms with Crippen LogP contribution in [0.1, 0.15) is 12.8 Å². The molecule has 0 spiro atoms. The molecule has 2 heterocycles. The van der Waals surface area contributed by atoms with Crippen molar-refractivity contribution in [2.75, 3.05) is 63.9 Å². The van der Waals surface area contributed by atoms with Crippen LogP contribution >= 0.6 is 0 Å². The molecule has 10 heteroatoms. The SMILES string of the molecule is O=C(CCNS(=O)(=O)c1ccc2c(c1)OCCCO2)NCCN1CCN(c2ccccc2)CC1. The zero-order valence-corrected chi connectivity index (χ0v) is 20.1. The molecular weight excluding hydrogens is 456 g/mol. The van der Waals surface area contributed by atoms with Crippen LogP contribution in [0.25, 0.3) is 0 Å². The number of rotatable bonds is 9. The van der Waals surface area contributed by atoms with Crippen molar-refractivity contribution in [3.05, 3.63) is 48.5 Å². The maximum atomic E-state index is 12.6. The van der Waals surface area contributed by atoms with Crippen molar-refractivity contribution >= 4 is 21.6 Å². The van der Waals surface area contributed by atoms with E-state index in [9.17, 15) is 13.2 Å². The first-order valence-corrected chi connectivity index (χ1v) is 13.2. The van der Waals surface area contributed by atoms with Crippen molar-refractivity contribution in [2.45, 2.75) is 17.7 Å². The van der Waals surface area contributed by atoms with Crippen LogP contribution in [-0.2, 0) is 14.8 Å². The second kappa shape index (κ2) is 11.5. The Hall–Kier alpha value is -2.82. The largest absolute Gasteiger partial charge is 0.490 e. The molecule has 2 aromatic carbocycles. The predicted octanol–water partition coefficient (Wildman–Crippen LogP) is 1.45. The second-order valence-electron chi connectivity index (χ2n) is 8.32. The minimum atomic E-state index is -3.75. The van der Waals surface area contributed by atoms with Gasteiger partial charge >= 0.3 is 0 Å². The van der Waals surface area contributed by atoms with Gasteiger partial charge in [0.25, 0.3) is 0 Å². The number of hydrogen-bond acceptors (Lipinski definition) is 7. The zero-order chi connectivity index (χ0) is 23.8. The van der Waals surface area contributed by atoms with Crippen LogP contribution in [-0.4, -0.2) is 78.3 Å². The molecule has 2 aliphatic heterocycles. The first-order chi connectivity index (χ1) is 16.5. The van der Waals surface area contributed by atoms with Crippen molar-refractivity contribution in [3.8, 4) is 11.5 Å². The summed E-state index contributed by atoms with van der Waals surface area (Å²) in [5.41, 5.74) is 1.24. The van der Waals surface area contributed by atoms with E-state index >= 15 is 0 Å². The number of para-hydroxylation sites is 1. The highest BCUT2D eigenvalue weighted by molar-refractivity contribution is 7.89. The average Bonchev–Trinajstić information content (AvgIpc) is 3.10. The van der Waals surface area contributed by atoms with Crippen LogP contribution in [0.3, 0.4) is 0 Å². The minimum absolute atomic E-state index is 0.0261. The zero-order valence-electron chi connectivity index (χ0n) is 19.2. The molecule has 1 saturated heterocycles. The standard InChI is InChI=1S/C24H32N4O5S/c29-24(25-11-12-27-13-15-28(16-14-27)20-5-2-1-3-6-20)9-10-26-34(30,31)21-7-8-22-23(19-21)33-18-4-17-32-22/h1-3,5-8,19,26H,4,9-18H2,(H,25,29). The van der Waals surface area contributed by atoms with E-state index in [1.54, 1.807) is 6.07 Å². The molecule has 184 valence electrons. The fourth-order valence-corrected chi connectivity index (χ4v) is 5.05. The molecule has 0 aliphatic carbocycles. The average molecular weight is 489 g/mol. The summed E-state index contributed by atoms with van der Waals surface area (Å²) in [6.07, 6.45) is 0.819. The van der Waals surface area contributed by atoms with E-state index in [-0.39, 0.29) is 23.8 Å². The molecule has 2 aromatic rings. The summed E-state index contributed by atoms with van der Waals surface area (Å²) in [5, 5.41) is 2.88. The highest BCUT2D eigenvalue weighted by Crippen LogP contribution is 2.31. The van der Waals surface area contributed by atoms with Gasteiger partial charge in [0.05, 0.1) is 18.1 Å². The van der Waals surface area contributed by atoms with E-state index in [1.807, 2.05) is 6.07 Å². The molecule has 9 nitrogen and oxygen atoms in total. The maximum Gasteiger partial charge on any atom is 0.240 e. The van der Waals surface area contributed by atoms with E-state index in [1.165, 1.54) is 17.8 Å². The van der Waals surface area contributed by atoms with Gasteiger partial charge in [0, 0.05) is 70.4 Å². The lowest BCUT2D eigenvalue weighted by Crippen LogP contribution is -2.48. The molecule has 4 rings (SSSR count). The smallest absolute Gasteiger partial charge is 0.240 e. The van der Waals surface area contributed by atoms with Gasteiger partial charge in [-0.3, -0.25) is 9.69 Å². The molecule has 2 N–H and O–H groups in total. The summed E-state index contributed by atoms with van der Waals surface area (Å²) in [7, 11) is -3.75. The van der Waals surface area contributed by atoms with Gasteiger partial charge < -0.3 is 19.7 Å². The third-order valence-corrected chi connectivity index (χ3v) is 7.38. The van der Waals surface area contributed by atoms with Gasteiger partial charge in [0.15, 0.2) is 11.5 Å². The van der Waals surface area contributed by atoms with Gasteiger partial charge in [-0.1, -0.05) is 18.2 Å². The van der Waals surface area contributed by atoms with Gasteiger partial charge in [-0.05, 0) is 24.3 Å². The maximum absolute atomic E-state index is 12.6. The molecule has 2 aliphatic rings. The van der Waals surface area contributed by atoms with Gasteiger partial charge in [-0.25, -0.2) is 13.1 Å². The first kappa shape index (κ1) is 24.3. The Labute approximate surface area is 201 Å². The number of carbonyl (C=O) groups excluding carboxylic acids is 1. The molecule has 0 radical (unpaired) electrons. The Bertz CT molecular complexity index is 1060. The highest BCUT2D eigenvalue weighted by atomic mass is 32.2. The Kier molecular flexibility index (Phi) is 8.25. The third-order valence-electron chi connectivity index (χ3n) is 5.92. The lowest BCUT2D eigenvalue weighted by atomic mass is 10.2. The summed E-state index contributed by atoms with van der Waals surface area (Å²) in [5.74, 6) is 0.782. The molecule has 1 amide bonds. The number of anilines is 1. The van der Waals surface area contributed by atoms with Crippen LogP contribution in [0.2, 0.25) is 0 Å². The summed E-state index contributed by atoms with van der Waals surface area (Å²) < 4.78 is 38.8. The summed E-state index contributed by atoms with van der Waals surface area (Å²) >= 11 is 0. The monoisotopic (exact) mass is 488 g/mol. The molecule has 34 heavy (non-hydrogen) atoms. The van der Waals surface area contributed by atoms with E-state index in [0.29, 0.717) is 31.3 Å². The number of carbonyl (C=O) groups is 1. The van der Waals surface area contributed by atoms with Crippen molar-refractivity contribution in [1.82, 2.24) is 14.9 Å². The highest BCUT2D eigenvalue weighted by Gasteiger charge is 2.19. The van der Waals surface area contributed by atoms with E-state index < -0.39 is 10.0 Å². The number of piperazine rings is 1. The summed E-state index contributed by atoms with van der Waals surface area (Å²) in [6.45, 7) is 6.16. The lowest BCUT2D eigenvalue weighted by molar-refractivity contribution is -0.120. The number of ether oxygens (including phenoxy) is 2. The van der Waals surface area contributed by atoms with E-state index in [0.717, 1.165) is 39.1 Å². The van der Waals surface area contributed by atoms with Gasteiger partial charge in [0.1, 0.15) is 0 Å². The second-order valence-corrected chi connectivity index (χ2v) is 10.1. The Morgan fingerprint density at radius 1 is 0.912 bits per heavy atom. The Morgan fingerprint density at radius 3 is 2.41 bits per heavy atom. The van der Waals surface area contributed by atoms with Crippen LogP contribution < -0.4 is 24.4 Å². The summed E-state index contributed by atoms with van der Waals surface area (Å²) in [6, 6.07) is 14.9. The predicted molar refractivity (Wildman–Crippen MR) is 130 cm³/mol. The van der Waals surface area contributed by atoms with Crippen LogP contribution in [0.15, 0.2) is 53.4 Å². The topological polar surface area (TPSA) is 100 Å². The Morgan fingerprint density at radius 2 is 1.65 bits per heavy atom. The van der Waals surface area contributed by atoms with Gasteiger partial charge in [-0.15, -0.1) is 0 Å². The van der Waals surface area contributed by atoms with E-state index in [4.69, 9.17) is 9.47 Å². The lowest BCUT2D eigenvalue weighted by Gasteiger charge is -2.36.